The first kappa shape index (κ1) is 24.6. The molecule has 10 nitrogen and oxygen atoms in total. The number of rotatable bonds is 6. The number of aromatic nitrogens is 3. The fourth-order valence-corrected chi connectivity index (χ4v) is 5.88. The number of anilines is 4. The van der Waals surface area contributed by atoms with E-state index >= 15 is 0 Å². The van der Waals surface area contributed by atoms with Gasteiger partial charge in [0, 0.05) is 37.4 Å². The first-order chi connectivity index (χ1) is 19.0. The zero-order chi connectivity index (χ0) is 26.9. The smallest absolute Gasteiger partial charge is 0.291 e. The Kier molecular flexibility index (Phi) is 6.41. The topological polar surface area (TPSA) is 116 Å². The van der Waals surface area contributed by atoms with Crippen molar-refractivity contribution in [2.45, 2.75) is 13.0 Å². The number of hydrogen-bond acceptors (Lipinski definition) is 9. The first-order valence-electron chi connectivity index (χ1n) is 12.4. The molecule has 11 heteroatoms. The van der Waals surface area contributed by atoms with E-state index in [9.17, 15) is 9.59 Å². The minimum absolute atomic E-state index is 0.0757. The molecule has 1 aromatic carbocycles. The highest BCUT2D eigenvalue weighted by atomic mass is 32.1. The lowest BCUT2D eigenvalue weighted by Crippen LogP contribution is -2.35. The molecule has 1 aliphatic heterocycles. The minimum atomic E-state index is -0.332. The van der Waals surface area contributed by atoms with Crippen molar-refractivity contribution >= 4 is 56.2 Å². The summed E-state index contributed by atoms with van der Waals surface area (Å²) in [5.41, 5.74) is 3.84. The molecule has 0 saturated heterocycles. The third-order valence-corrected chi connectivity index (χ3v) is 7.67. The molecule has 5 aromatic rings. The van der Waals surface area contributed by atoms with Crippen LogP contribution in [0.15, 0.2) is 71.7 Å². The van der Waals surface area contributed by atoms with Gasteiger partial charge < -0.3 is 24.9 Å². The van der Waals surface area contributed by atoms with E-state index in [1.165, 1.54) is 12.6 Å². The maximum Gasteiger partial charge on any atom is 0.291 e. The molecule has 0 saturated carbocycles. The zero-order valence-electron chi connectivity index (χ0n) is 21.3. The summed E-state index contributed by atoms with van der Waals surface area (Å²) < 4.78 is 5.25. The summed E-state index contributed by atoms with van der Waals surface area (Å²) in [6.45, 7) is 1.09. The second kappa shape index (κ2) is 10.2. The van der Waals surface area contributed by atoms with E-state index in [4.69, 9.17) is 4.42 Å². The Bertz CT molecular complexity index is 1670. The van der Waals surface area contributed by atoms with E-state index in [2.05, 4.69) is 25.6 Å². The number of thiophene rings is 1. The second-order valence-electron chi connectivity index (χ2n) is 9.28. The maximum atomic E-state index is 13.0. The molecular formula is C28H25N7O3S. The summed E-state index contributed by atoms with van der Waals surface area (Å²) in [7, 11) is 3.83. The Hall–Kier alpha value is -4.77. The number of pyridine rings is 1. The molecule has 39 heavy (non-hydrogen) atoms. The molecule has 0 bridgehead atoms. The lowest BCUT2D eigenvalue weighted by molar-refractivity contribution is 0.0731. The number of nitrogens with zero attached hydrogens (tertiary/aromatic N) is 5. The molecule has 6 rings (SSSR count). The molecular weight excluding hydrogens is 514 g/mol. The fraction of sp³-hybridized carbons (Fsp3) is 0.179. The van der Waals surface area contributed by atoms with Crippen molar-refractivity contribution < 1.29 is 14.0 Å². The summed E-state index contributed by atoms with van der Waals surface area (Å²) >= 11 is 1.58. The molecule has 0 atom stereocenters. The van der Waals surface area contributed by atoms with Crippen LogP contribution in [0.4, 0.5) is 22.9 Å². The molecule has 1 aliphatic rings. The zero-order valence-corrected chi connectivity index (χ0v) is 22.2. The SMILES string of the molecule is CN(C)c1ccc(Nc2ncnc3sc4c(c23)CCN(C(=O)c2ccccn2)C4)cc1NC(=O)c1ccco1. The van der Waals surface area contributed by atoms with Crippen molar-refractivity contribution in [1.82, 2.24) is 19.9 Å². The highest BCUT2D eigenvalue weighted by Gasteiger charge is 2.27. The molecule has 0 unspecified atom stereocenters. The van der Waals surface area contributed by atoms with Crippen LogP contribution >= 0.6 is 11.3 Å². The first-order valence-corrected chi connectivity index (χ1v) is 13.2. The number of furan rings is 1. The van der Waals surface area contributed by atoms with Gasteiger partial charge in [0.1, 0.15) is 22.7 Å². The molecule has 196 valence electrons. The number of nitrogens with one attached hydrogen (secondary N) is 2. The Morgan fingerprint density at radius 1 is 1.08 bits per heavy atom. The van der Waals surface area contributed by atoms with Gasteiger partial charge in [-0.05, 0) is 54.4 Å². The largest absolute Gasteiger partial charge is 0.459 e. The summed E-state index contributed by atoms with van der Waals surface area (Å²) in [6.07, 6.45) is 5.33. The van der Waals surface area contributed by atoms with Gasteiger partial charge in [0.15, 0.2) is 5.76 Å². The number of fused-ring (bicyclic) bond motifs is 3. The van der Waals surface area contributed by atoms with Gasteiger partial charge in [-0.15, -0.1) is 11.3 Å². The molecule has 2 N–H and O–H groups in total. The Morgan fingerprint density at radius 3 is 2.74 bits per heavy atom. The normalized spacial score (nSPS) is 12.7. The Labute approximate surface area is 228 Å². The van der Waals surface area contributed by atoms with Gasteiger partial charge in [-0.25, -0.2) is 9.97 Å². The van der Waals surface area contributed by atoms with Crippen LogP contribution in [-0.4, -0.2) is 52.3 Å². The predicted octanol–water partition coefficient (Wildman–Crippen LogP) is 4.94. The molecule has 0 spiro atoms. The number of benzene rings is 1. The molecule has 5 heterocycles. The highest BCUT2D eigenvalue weighted by Crippen LogP contribution is 2.39. The average Bonchev–Trinajstić information content (AvgIpc) is 3.62. The van der Waals surface area contributed by atoms with Crippen LogP contribution in [0.5, 0.6) is 0 Å². The molecule has 0 fully saturated rings. The van der Waals surface area contributed by atoms with E-state index in [1.54, 1.807) is 41.8 Å². The lowest BCUT2D eigenvalue weighted by Gasteiger charge is -2.26. The van der Waals surface area contributed by atoms with Crippen molar-refractivity contribution in [3.05, 3.63) is 89.2 Å². The molecule has 4 aromatic heterocycles. The van der Waals surface area contributed by atoms with E-state index in [1.807, 2.05) is 48.2 Å². The van der Waals surface area contributed by atoms with E-state index in [0.29, 0.717) is 36.7 Å². The van der Waals surface area contributed by atoms with Crippen molar-refractivity contribution in [3.8, 4) is 0 Å². The van der Waals surface area contributed by atoms with E-state index in [0.717, 1.165) is 32.0 Å². The van der Waals surface area contributed by atoms with Gasteiger partial charge in [-0.2, -0.15) is 0 Å². The number of hydrogen-bond donors (Lipinski definition) is 2. The van der Waals surface area contributed by atoms with Crippen LogP contribution in [-0.2, 0) is 13.0 Å². The van der Waals surface area contributed by atoms with Crippen LogP contribution in [0.2, 0.25) is 0 Å². The van der Waals surface area contributed by atoms with Gasteiger partial charge in [0.05, 0.1) is 29.6 Å². The standard InChI is InChI=1S/C28H25N7O3S/c1-34(2)21-9-8-17(14-20(21)33-26(36)22-7-5-13-38-22)32-25-24-18-10-12-35(28(37)19-6-3-4-11-29-19)15-23(18)39-27(24)31-16-30-25/h3-9,11,13-14,16H,10,12,15H2,1-2H3,(H,33,36)(H,30,31,32). The Morgan fingerprint density at radius 2 is 1.97 bits per heavy atom. The molecule has 2 amide bonds. The van der Waals surface area contributed by atoms with Gasteiger partial charge in [-0.1, -0.05) is 6.07 Å². The monoisotopic (exact) mass is 539 g/mol. The quantitative estimate of drug-likeness (QED) is 0.312. The van der Waals surface area contributed by atoms with Crippen LogP contribution < -0.4 is 15.5 Å². The van der Waals surface area contributed by atoms with Crippen molar-refractivity contribution in [1.29, 1.82) is 0 Å². The fourth-order valence-electron chi connectivity index (χ4n) is 4.68. The summed E-state index contributed by atoms with van der Waals surface area (Å²) in [6, 6.07) is 14.4. The summed E-state index contributed by atoms with van der Waals surface area (Å²) in [5, 5.41) is 7.33. The van der Waals surface area contributed by atoms with Crippen LogP contribution in [0.25, 0.3) is 10.2 Å². The minimum Gasteiger partial charge on any atom is -0.459 e. The Balaban J connectivity index is 1.29. The predicted molar refractivity (Wildman–Crippen MR) is 151 cm³/mol. The lowest BCUT2D eigenvalue weighted by atomic mass is 10.0. The highest BCUT2D eigenvalue weighted by molar-refractivity contribution is 7.19. The van der Waals surface area contributed by atoms with Crippen LogP contribution in [0, 0.1) is 0 Å². The molecule has 0 aliphatic carbocycles. The third kappa shape index (κ3) is 4.79. The molecule has 0 radical (unpaired) electrons. The maximum absolute atomic E-state index is 13.0. The van der Waals surface area contributed by atoms with E-state index < -0.39 is 0 Å². The van der Waals surface area contributed by atoms with E-state index in [-0.39, 0.29) is 17.6 Å². The van der Waals surface area contributed by atoms with Gasteiger partial charge >= 0.3 is 0 Å². The number of carbonyl (C=O) groups excluding carboxylic acids is 2. The van der Waals surface area contributed by atoms with Crippen molar-refractivity contribution in [3.63, 3.8) is 0 Å². The average molecular weight is 540 g/mol. The van der Waals surface area contributed by atoms with Gasteiger partial charge in [0.2, 0.25) is 0 Å². The third-order valence-electron chi connectivity index (χ3n) is 6.54. The summed E-state index contributed by atoms with van der Waals surface area (Å²) in [4.78, 5) is 44.7. The van der Waals surface area contributed by atoms with Crippen LogP contribution in [0.1, 0.15) is 31.5 Å². The second-order valence-corrected chi connectivity index (χ2v) is 10.4. The van der Waals surface area contributed by atoms with Crippen molar-refractivity contribution in [2.24, 2.45) is 0 Å². The number of carbonyl (C=O) groups is 2. The summed E-state index contributed by atoms with van der Waals surface area (Å²) in [5.74, 6) is 0.508. The van der Waals surface area contributed by atoms with Crippen molar-refractivity contribution in [2.75, 3.05) is 36.2 Å². The van der Waals surface area contributed by atoms with Gasteiger partial charge in [-0.3, -0.25) is 14.6 Å². The van der Waals surface area contributed by atoms with Gasteiger partial charge in [0.25, 0.3) is 11.8 Å². The van der Waals surface area contributed by atoms with Crippen LogP contribution in [0.3, 0.4) is 0 Å². The number of amides is 2.